The Labute approximate surface area is 183 Å². The zero-order valence-electron chi connectivity index (χ0n) is 16.8. The summed E-state index contributed by atoms with van der Waals surface area (Å²) in [6.45, 7) is 2.81. The molecular weight excluding hydrogens is 420 g/mol. The van der Waals surface area contributed by atoms with Crippen molar-refractivity contribution in [2.24, 2.45) is 5.41 Å². The Kier molecular flexibility index (Phi) is 4.97. The summed E-state index contributed by atoms with van der Waals surface area (Å²) in [5.41, 5.74) is 2.95. The number of H-pyrrole nitrogens is 1. The molecule has 3 aromatic rings. The van der Waals surface area contributed by atoms with Gasteiger partial charge in [0.1, 0.15) is 12.1 Å². The van der Waals surface area contributed by atoms with Gasteiger partial charge in [-0.25, -0.2) is 4.79 Å². The van der Waals surface area contributed by atoms with Crippen molar-refractivity contribution in [3.05, 3.63) is 52.8 Å². The number of ether oxygens (including phenoxy) is 1. The Morgan fingerprint density at radius 3 is 2.71 bits per heavy atom. The van der Waals surface area contributed by atoms with Crippen LogP contribution in [0.1, 0.15) is 28.8 Å². The molecule has 10 heteroatoms. The number of halogens is 1. The molecule has 2 aliphatic rings. The Hall–Kier alpha value is -3.20. The molecule has 0 atom stereocenters. The third kappa shape index (κ3) is 3.93. The van der Waals surface area contributed by atoms with E-state index in [-0.39, 0.29) is 24.0 Å². The minimum absolute atomic E-state index is 0.00694. The minimum Gasteiger partial charge on any atom is -0.444 e. The third-order valence-electron chi connectivity index (χ3n) is 6.12. The molecule has 9 nitrogen and oxygen atoms in total. The van der Waals surface area contributed by atoms with Gasteiger partial charge >= 0.3 is 6.09 Å². The van der Waals surface area contributed by atoms with Crippen LogP contribution in [0.5, 0.6) is 0 Å². The molecule has 1 spiro atoms. The number of aromatic nitrogens is 4. The number of carbonyl (C=O) groups is 2. The molecule has 31 heavy (non-hydrogen) atoms. The van der Waals surface area contributed by atoms with Crippen LogP contribution in [0.2, 0.25) is 5.02 Å². The Balaban J connectivity index is 1.11. The first kappa shape index (κ1) is 19.7. The third-order valence-corrected chi connectivity index (χ3v) is 6.33. The summed E-state index contributed by atoms with van der Waals surface area (Å²) < 4.78 is 5.40. The SMILES string of the molecule is O=C(OCc1cncc(Cl)c1)N1CCC2(CC1)CN(C(=O)c1ccc3[nH]nnc3c1)C2. The van der Waals surface area contributed by atoms with Crippen LogP contribution in [-0.4, -0.2) is 68.4 Å². The van der Waals surface area contributed by atoms with E-state index in [0.29, 0.717) is 42.3 Å². The molecule has 0 radical (unpaired) electrons. The van der Waals surface area contributed by atoms with Crippen LogP contribution >= 0.6 is 11.6 Å². The molecule has 2 aliphatic heterocycles. The van der Waals surface area contributed by atoms with Gasteiger partial charge in [0, 0.05) is 55.1 Å². The molecule has 0 unspecified atom stereocenters. The number of likely N-dealkylation sites (tertiary alicyclic amines) is 2. The lowest BCUT2D eigenvalue weighted by Gasteiger charge is -2.53. The van der Waals surface area contributed by atoms with Crippen molar-refractivity contribution in [1.82, 2.24) is 30.2 Å². The van der Waals surface area contributed by atoms with Crippen molar-refractivity contribution in [3.63, 3.8) is 0 Å². The second-order valence-electron chi connectivity index (χ2n) is 8.26. The van der Waals surface area contributed by atoms with Gasteiger partial charge in [0.25, 0.3) is 5.91 Å². The van der Waals surface area contributed by atoms with Crippen molar-refractivity contribution >= 4 is 34.6 Å². The summed E-state index contributed by atoms with van der Waals surface area (Å²) in [6.07, 6.45) is 4.55. The molecular formula is C21H21ClN6O3. The van der Waals surface area contributed by atoms with Gasteiger partial charge in [-0.1, -0.05) is 16.8 Å². The predicted octanol–water partition coefficient (Wildman–Crippen LogP) is 2.88. The van der Waals surface area contributed by atoms with Crippen LogP contribution in [0.15, 0.2) is 36.7 Å². The van der Waals surface area contributed by atoms with Crippen molar-refractivity contribution in [2.75, 3.05) is 26.2 Å². The van der Waals surface area contributed by atoms with E-state index >= 15 is 0 Å². The summed E-state index contributed by atoms with van der Waals surface area (Å²) >= 11 is 5.91. The smallest absolute Gasteiger partial charge is 0.410 e. The zero-order valence-corrected chi connectivity index (χ0v) is 17.5. The molecule has 1 N–H and O–H groups in total. The van der Waals surface area contributed by atoms with Gasteiger partial charge < -0.3 is 14.5 Å². The van der Waals surface area contributed by atoms with Gasteiger partial charge in [-0.3, -0.25) is 14.9 Å². The van der Waals surface area contributed by atoms with Crippen LogP contribution in [0, 0.1) is 5.41 Å². The number of nitrogens with zero attached hydrogens (tertiary/aromatic N) is 5. The van der Waals surface area contributed by atoms with Crippen molar-refractivity contribution in [2.45, 2.75) is 19.4 Å². The molecule has 4 heterocycles. The quantitative estimate of drug-likeness (QED) is 0.671. The molecule has 2 saturated heterocycles. The Morgan fingerprint density at radius 1 is 1.13 bits per heavy atom. The molecule has 2 aromatic heterocycles. The fourth-order valence-electron chi connectivity index (χ4n) is 4.32. The van der Waals surface area contributed by atoms with E-state index in [1.807, 2.05) is 11.0 Å². The van der Waals surface area contributed by atoms with E-state index in [0.717, 1.165) is 23.9 Å². The van der Waals surface area contributed by atoms with Gasteiger partial charge in [0.05, 0.1) is 10.5 Å². The molecule has 160 valence electrons. The fraction of sp³-hybridized carbons (Fsp3) is 0.381. The molecule has 2 fully saturated rings. The summed E-state index contributed by atoms with van der Waals surface area (Å²) in [6, 6.07) is 7.11. The highest BCUT2D eigenvalue weighted by Gasteiger charge is 2.47. The van der Waals surface area contributed by atoms with Crippen LogP contribution in [0.4, 0.5) is 4.79 Å². The Bertz CT molecular complexity index is 1130. The summed E-state index contributed by atoms with van der Waals surface area (Å²) in [4.78, 5) is 32.8. The van der Waals surface area contributed by atoms with E-state index < -0.39 is 0 Å². The van der Waals surface area contributed by atoms with Crippen molar-refractivity contribution in [3.8, 4) is 0 Å². The summed E-state index contributed by atoms with van der Waals surface area (Å²) in [5, 5.41) is 11.0. The number of amides is 2. The van der Waals surface area contributed by atoms with E-state index in [9.17, 15) is 9.59 Å². The highest BCUT2D eigenvalue weighted by molar-refractivity contribution is 6.30. The average Bonchev–Trinajstić information content (AvgIpc) is 3.23. The van der Waals surface area contributed by atoms with Crippen LogP contribution in [0.3, 0.4) is 0 Å². The molecule has 0 bridgehead atoms. The molecule has 2 amide bonds. The zero-order chi connectivity index (χ0) is 21.4. The van der Waals surface area contributed by atoms with Crippen molar-refractivity contribution < 1.29 is 14.3 Å². The van der Waals surface area contributed by atoms with Crippen molar-refractivity contribution in [1.29, 1.82) is 0 Å². The van der Waals surface area contributed by atoms with Crippen LogP contribution in [-0.2, 0) is 11.3 Å². The largest absolute Gasteiger partial charge is 0.444 e. The number of pyridine rings is 1. The van der Waals surface area contributed by atoms with Gasteiger partial charge in [0.2, 0.25) is 0 Å². The standard InChI is InChI=1S/C21H21ClN6O3/c22-16-7-14(9-23-10-16)11-31-20(30)27-5-3-21(4-6-27)12-28(13-21)19(29)15-1-2-17-18(8-15)25-26-24-17/h1-2,7-10H,3-6,11-13H2,(H,24,25,26). The average molecular weight is 441 g/mol. The highest BCUT2D eigenvalue weighted by atomic mass is 35.5. The maximum atomic E-state index is 12.8. The predicted molar refractivity (Wildman–Crippen MR) is 112 cm³/mol. The normalized spacial score (nSPS) is 17.6. The first-order chi connectivity index (χ1) is 15.0. The summed E-state index contributed by atoms with van der Waals surface area (Å²) in [5.74, 6) is 0.00694. The first-order valence-corrected chi connectivity index (χ1v) is 10.5. The number of nitrogens with one attached hydrogen (secondary N) is 1. The molecule has 5 rings (SSSR count). The van der Waals surface area contributed by atoms with Gasteiger partial charge in [-0.15, -0.1) is 5.10 Å². The second kappa shape index (κ2) is 7.81. The van der Waals surface area contributed by atoms with E-state index in [1.54, 1.807) is 29.3 Å². The molecule has 0 aliphatic carbocycles. The minimum atomic E-state index is -0.331. The summed E-state index contributed by atoms with van der Waals surface area (Å²) in [7, 11) is 0. The number of hydrogen-bond donors (Lipinski definition) is 1. The van der Waals surface area contributed by atoms with E-state index in [4.69, 9.17) is 16.3 Å². The number of carbonyl (C=O) groups excluding carboxylic acids is 2. The van der Waals surface area contributed by atoms with Crippen LogP contribution in [0.25, 0.3) is 11.0 Å². The number of benzene rings is 1. The number of rotatable bonds is 3. The Morgan fingerprint density at radius 2 is 1.94 bits per heavy atom. The molecule has 1 aromatic carbocycles. The van der Waals surface area contributed by atoms with Crippen LogP contribution < -0.4 is 0 Å². The first-order valence-electron chi connectivity index (χ1n) is 10.1. The number of fused-ring (bicyclic) bond motifs is 1. The van der Waals surface area contributed by atoms with E-state index in [2.05, 4.69) is 20.4 Å². The number of aromatic amines is 1. The second-order valence-corrected chi connectivity index (χ2v) is 8.69. The maximum Gasteiger partial charge on any atom is 0.410 e. The van der Waals surface area contributed by atoms with Gasteiger partial charge in [0.15, 0.2) is 0 Å². The number of piperidine rings is 1. The highest BCUT2D eigenvalue weighted by Crippen LogP contribution is 2.41. The van der Waals surface area contributed by atoms with Gasteiger partial charge in [-0.2, -0.15) is 0 Å². The topological polar surface area (TPSA) is 104 Å². The van der Waals surface area contributed by atoms with Gasteiger partial charge in [-0.05, 0) is 37.1 Å². The maximum absolute atomic E-state index is 12.8. The molecule has 0 saturated carbocycles. The monoisotopic (exact) mass is 440 g/mol. The number of hydrogen-bond acceptors (Lipinski definition) is 6. The fourth-order valence-corrected chi connectivity index (χ4v) is 4.51. The van der Waals surface area contributed by atoms with E-state index in [1.165, 1.54) is 6.20 Å². The lowest BCUT2D eigenvalue weighted by molar-refractivity contribution is -0.0319. The lowest BCUT2D eigenvalue weighted by Crippen LogP contribution is -2.62. The lowest BCUT2D eigenvalue weighted by atomic mass is 9.72.